The molecule has 1 atom stereocenters. The molecule has 1 heterocycles. The zero-order valence-corrected chi connectivity index (χ0v) is 13.1. The highest BCUT2D eigenvalue weighted by Gasteiger charge is 2.24. The molecule has 2 N–H and O–H groups in total. The van der Waals surface area contributed by atoms with E-state index in [2.05, 4.69) is 10.3 Å². The Morgan fingerprint density at radius 1 is 1.47 bits per heavy atom. The summed E-state index contributed by atoms with van der Waals surface area (Å²) in [4.78, 5) is 5.84. The van der Waals surface area contributed by atoms with E-state index in [9.17, 15) is 5.11 Å². The monoisotopic (exact) mass is 282 g/mol. The Labute approximate surface area is 120 Å². The van der Waals surface area contributed by atoms with E-state index in [0.29, 0.717) is 12.5 Å². The predicted octanol–water partition coefficient (Wildman–Crippen LogP) is 3.30. The first-order valence-electron chi connectivity index (χ1n) is 7.37. The summed E-state index contributed by atoms with van der Waals surface area (Å²) in [5.41, 5.74) is -0.640. The maximum Gasteiger partial charge on any atom is 0.0959 e. The SMILES string of the molecule is CC(C)C(C)(O)CNCc1cnc(C2CCCC2)s1. The first-order valence-corrected chi connectivity index (χ1v) is 8.18. The van der Waals surface area contributed by atoms with Gasteiger partial charge in [-0.1, -0.05) is 26.7 Å². The summed E-state index contributed by atoms with van der Waals surface area (Å²) in [6, 6.07) is 0. The number of aromatic nitrogens is 1. The number of rotatable bonds is 6. The standard InChI is InChI=1S/C15H26N2OS/c1-11(2)15(3,18)10-16-8-13-9-17-14(19-13)12-6-4-5-7-12/h9,11-12,16,18H,4-8,10H2,1-3H3. The fourth-order valence-electron chi connectivity index (χ4n) is 2.41. The van der Waals surface area contributed by atoms with Crippen molar-refractivity contribution in [2.24, 2.45) is 5.92 Å². The summed E-state index contributed by atoms with van der Waals surface area (Å²) in [5.74, 6) is 0.966. The van der Waals surface area contributed by atoms with E-state index in [1.165, 1.54) is 35.6 Å². The van der Waals surface area contributed by atoms with Gasteiger partial charge in [-0.2, -0.15) is 0 Å². The molecule has 2 rings (SSSR count). The summed E-state index contributed by atoms with van der Waals surface area (Å²) < 4.78 is 0. The predicted molar refractivity (Wildman–Crippen MR) is 80.5 cm³/mol. The van der Waals surface area contributed by atoms with Crippen molar-refractivity contribution in [2.45, 2.75) is 64.5 Å². The second-order valence-corrected chi connectivity index (χ2v) is 7.41. The summed E-state index contributed by atoms with van der Waals surface area (Å²) >= 11 is 1.83. The lowest BCUT2D eigenvalue weighted by molar-refractivity contribution is 0.0140. The quantitative estimate of drug-likeness (QED) is 0.841. The van der Waals surface area contributed by atoms with Gasteiger partial charge in [-0.3, -0.25) is 0 Å². The van der Waals surface area contributed by atoms with Gasteiger partial charge in [0.2, 0.25) is 0 Å². The van der Waals surface area contributed by atoms with Crippen molar-refractivity contribution in [1.29, 1.82) is 0 Å². The third-order valence-electron chi connectivity index (χ3n) is 4.30. The molecule has 1 aromatic rings. The molecule has 0 amide bonds. The zero-order valence-electron chi connectivity index (χ0n) is 12.3. The van der Waals surface area contributed by atoms with Gasteiger partial charge in [-0.25, -0.2) is 4.98 Å². The van der Waals surface area contributed by atoms with Crippen molar-refractivity contribution in [2.75, 3.05) is 6.54 Å². The van der Waals surface area contributed by atoms with Crippen LogP contribution in [0.25, 0.3) is 0 Å². The Bertz CT molecular complexity index is 395. The highest BCUT2D eigenvalue weighted by Crippen LogP contribution is 2.35. The number of nitrogens with one attached hydrogen (secondary N) is 1. The summed E-state index contributed by atoms with van der Waals surface area (Å²) in [6.07, 6.45) is 7.32. The molecular formula is C15H26N2OS. The summed E-state index contributed by atoms with van der Waals surface area (Å²) in [7, 11) is 0. The van der Waals surface area contributed by atoms with Gasteiger partial charge in [0.1, 0.15) is 0 Å². The molecular weight excluding hydrogens is 256 g/mol. The highest BCUT2D eigenvalue weighted by atomic mass is 32.1. The Morgan fingerprint density at radius 2 is 2.16 bits per heavy atom. The molecule has 1 unspecified atom stereocenters. The van der Waals surface area contributed by atoms with E-state index in [1.54, 1.807) is 0 Å². The fraction of sp³-hybridized carbons (Fsp3) is 0.800. The maximum atomic E-state index is 10.2. The van der Waals surface area contributed by atoms with Crippen LogP contribution in [0.4, 0.5) is 0 Å². The molecule has 19 heavy (non-hydrogen) atoms. The third-order valence-corrected chi connectivity index (χ3v) is 5.46. The Kier molecular flexibility index (Phi) is 4.98. The van der Waals surface area contributed by atoms with Crippen LogP contribution in [0, 0.1) is 5.92 Å². The molecule has 4 heteroatoms. The van der Waals surface area contributed by atoms with Crippen molar-refractivity contribution in [3.05, 3.63) is 16.1 Å². The van der Waals surface area contributed by atoms with E-state index < -0.39 is 5.60 Å². The minimum absolute atomic E-state index is 0.260. The molecule has 0 aliphatic heterocycles. The van der Waals surface area contributed by atoms with Gasteiger partial charge in [-0.15, -0.1) is 11.3 Å². The second kappa shape index (κ2) is 6.33. The fourth-order valence-corrected chi connectivity index (χ4v) is 3.46. The van der Waals surface area contributed by atoms with Gasteiger partial charge in [-0.05, 0) is 25.7 Å². The number of nitrogens with zero attached hydrogens (tertiary/aromatic N) is 1. The zero-order chi connectivity index (χ0) is 13.9. The maximum absolute atomic E-state index is 10.2. The van der Waals surface area contributed by atoms with Gasteiger partial charge >= 0.3 is 0 Å². The summed E-state index contributed by atoms with van der Waals surface area (Å²) in [5, 5.41) is 14.8. The first kappa shape index (κ1) is 14.9. The first-order chi connectivity index (χ1) is 8.99. The molecule has 1 aliphatic rings. The molecule has 0 bridgehead atoms. The molecule has 0 saturated heterocycles. The normalized spacial score (nSPS) is 20.1. The van der Waals surface area contributed by atoms with Crippen LogP contribution in [0.2, 0.25) is 0 Å². The molecule has 108 valence electrons. The Morgan fingerprint density at radius 3 is 2.79 bits per heavy atom. The van der Waals surface area contributed by atoms with Crippen LogP contribution in [-0.4, -0.2) is 22.2 Å². The molecule has 0 radical (unpaired) electrons. The molecule has 0 spiro atoms. The molecule has 1 aromatic heterocycles. The topological polar surface area (TPSA) is 45.1 Å². The van der Waals surface area contributed by atoms with Gasteiger partial charge in [0.25, 0.3) is 0 Å². The van der Waals surface area contributed by atoms with E-state index in [4.69, 9.17) is 0 Å². The smallest absolute Gasteiger partial charge is 0.0959 e. The van der Waals surface area contributed by atoms with E-state index in [0.717, 1.165) is 6.54 Å². The number of aliphatic hydroxyl groups is 1. The van der Waals surface area contributed by atoms with Gasteiger partial charge in [0, 0.05) is 30.1 Å². The minimum Gasteiger partial charge on any atom is -0.389 e. The molecule has 1 saturated carbocycles. The lowest BCUT2D eigenvalue weighted by Gasteiger charge is -2.27. The summed E-state index contributed by atoms with van der Waals surface area (Å²) in [6.45, 7) is 7.43. The van der Waals surface area contributed by atoms with E-state index >= 15 is 0 Å². The lowest BCUT2D eigenvalue weighted by Crippen LogP contribution is -2.41. The van der Waals surface area contributed by atoms with Crippen molar-refractivity contribution in [3.8, 4) is 0 Å². The van der Waals surface area contributed by atoms with Crippen LogP contribution in [0.15, 0.2) is 6.20 Å². The van der Waals surface area contributed by atoms with Crippen LogP contribution < -0.4 is 5.32 Å². The number of hydrogen-bond donors (Lipinski definition) is 2. The lowest BCUT2D eigenvalue weighted by atomic mass is 9.93. The molecule has 1 fully saturated rings. The molecule has 0 aromatic carbocycles. The van der Waals surface area contributed by atoms with Gasteiger partial charge < -0.3 is 10.4 Å². The van der Waals surface area contributed by atoms with Crippen LogP contribution in [0.3, 0.4) is 0 Å². The van der Waals surface area contributed by atoms with E-state index in [-0.39, 0.29) is 5.92 Å². The van der Waals surface area contributed by atoms with Crippen LogP contribution in [-0.2, 0) is 6.54 Å². The van der Waals surface area contributed by atoms with Crippen molar-refractivity contribution in [1.82, 2.24) is 10.3 Å². The number of hydrogen-bond acceptors (Lipinski definition) is 4. The van der Waals surface area contributed by atoms with Crippen LogP contribution >= 0.6 is 11.3 Å². The Balaban J connectivity index is 1.80. The second-order valence-electron chi connectivity index (χ2n) is 6.26. The van der Waals surface area contributed by atoms with Crippen LogP contribution in [0.5, 0.6) is 0 Å². The third kappa shape index (κ3) is 4.01. The van der Waals surface area contributed by atoms with E-state index in [1.807, 2.05) is 38.3 Å². The average Bonchev–Trinajstić information content (AvgIpc) is 2.98. The number of thiazole rings is 1. The minimum atomic E-state index is -0.640. The van der Waals surface area contributed by atoms with Gasteiger partial charge in [0.15, 0.2) is 0 Å². The average molecular weight is 282 g/mol. The van der Waals surface area contributed by atoms with Crippen molar-refractivity contribution in [3.63, 3.8) is 0 Å². The van der Waals surface area contributed by atoms with Crippen molar-refractivity contribution < 1.29 is 5.11 Å². The van der Waals surface area contributed by atoms with Gasteiger partial charge in [0.05, 0.1) is 10.6 Å². The largest absolute Gasteiger partial charge is 0.389 e. The van der Waals surface area contributed by atoms with Crippen LogP contribution in [0.1, 0.15) is 62.3 Å². The highest BCUT2D eigenvalue weighted by molar-refractivity contribution is 7.11. The molecule has 3 nitrogen and oxygen atoms in total. The Hall–Kier alpha value is -0.450. The van der Waals surface area contributed by atoms with Crippen molar-refractivity contribution >= 4 is 11.3 Å². The molecule has 1 aliphatic carbocycles.